The maximum atomic E-state index is 15.6. The van der Waals surface area contributed by atoms with Crippen LogP contribution in [0.2, 0.25) is 0 Å². The zero-order valence-electron chi connectivity index (χ0n) is 25.8. The number of carbonyl (C=O) groups excluding carboxylic acids is 3. The van der Waals surface area contributed by atoms with Crippen molar-refractivity contribution in [3.8, 4) is 11.5 Å². The Hall–Kier alpha value is -4.42. The molecule has 4 atom stereocenters. The molecule has 2 heterocycles. The third kappa shape index (κ3) is 7.34. The van der Waals surface area contributed by atoms with Crippen LogP contribution >= 0.6 is 9.24 Å². The van der Waals surface area contributed by atoms with Gasteiger partial charge in [-0.05, 0) is 47.8 Å². The Balaban J connectivity index is 1.75. The predicted molar refractivity (Wildman–Crippen MR) is 167 cm³/mol. The van der Waals surface area contributed by atoms with Crippen molar-refractivity contribution in [1.29, 1.82) is 0 Å². The van der Waals surface area contributed by atoms with E-state index in [9.17, 15) is 28.0 Å². The van der Waals surface area contributed by atoms with Crippen molar-refractivity contribution in [2.45, 2.75) is 31.0 Å². The molecule has 11 nitrogen and oxygen atoms in total. The van der Waals surface area contributed by atoms with E-state index in [1.807, 2.05) is 0 Å². The predicted octanol–water partition coefficient (Wildman–Crippen LogP) is 2.69. The molecule has 46 heavy (non-hydrogen) atoms. The largest absolute Gasteiger partial charge is 0.497 e. The molecule has 0 bridgehead atoms. The van der Waals surface area contributed by atoms with Gasteiger partial charge in [-0.3, -0.25) is 23.7 Å². The fourth-order valence-corrected chi connectivity index (χ4v) is 5.79. The fourth-order valence-electron chi connectivity index (χ4n) is 5.27. The number of hydrogen-bond acceptors (Lipinski definition) is 7. The lowest BCUT2D eigenvalue weighted by Gasteiger charge is -2.24. The highest BCUT2D eigenvalue weighted by Gasteiger charge is 2.45. The van der Waals surface area contributed by atoms with E-state index >= 15 is 4.39 Å². The van der Waals surface area contributed by atoms with Crippen molar-refractivity contribution in [2.75, 3.05) is 46.4 Å². The Morgan fingerprint density at radius 3 is 2.35 bits per heavy atom. The SMILES string of the molecule is COCC(C(=O)N(C)C)n1cccc(N2C[C@@H](c3c(F)cc(OC)cc3P)[C@H](NC(=O)c3ccc(OC(C)(F)F)cc3)C2=O)c1=O. The van der Waals surface area contributed by atoms with Crippen LogP contribution in [-0.2, 0) is 14.3 Å². The molecule has 1 N–H and O–H groups in total. The molecule has 0 radical (unpaired) electrons. The molecule has 0 aliphatic carbocycles. The molecular formula is C31H34F3N4O7P. The van der Waals surface area contributed by atoms with E-state index in [4.69, 9.17) is 9.47 Å². The van der Waals surface area contributed by atoms with Gasteiger partial charge in [0.2, 0.25) is 11.8 Å². The number of carbonyl (C=O) groups is 3. The maximum absolute atomic E-state index is 15.6. The first-order valence-electron chi connectivity index (χ1n) is 14.0. The van der Waals surface area contributed by atoms with Crippen molar-refractivity contribution in [3.05, 3.63) is 82.0 Å². The Morgan fingerprint density at radius 1 is 1.11 bits per heavy atom. The summed E-state index contributed by atoms with van der Waals surface area (Å²) in [5, 5.41) is 3.00. The molecule has 2 aromatic carbocycles. The molecule has 0 spiro atoms. The Labute approximate surface area is 265 Å². The summed E-state index contributed by atoms with van der Waals surface area (Å²) >= 11 is 0. The molecule has 3 aromatic rings. The second-order valence-electron chi connectivity index (χ2n) is 10.9. The van der Waals surface area contributed by atoms with Gasteiger partial charge < -0.3 is 29.3 Å². The van der Waals surface area contributed by atoms with E-state index in [0.717, 1.165) is 15.5 Å². The van der Waals surface area contributed by atoms with Gasteiger partial charge in [-0.15, -0.1) is 9.24 Å². The summed E-state index contributed by atoms with van der Waals surface area (Å²) < 4.78 is 58.1. The molecule has 1 saturated heterocycles. The van der Waals surface area contributed by atoms with Crippen LogP contribution in [0.3, 0.4) is 0 Å². The number of nitrogens with one attached hydrogen (secondary N) is 1. The zero-order chi connectivity index (χ0) is 33.9. The summed E-state index contributed by atoms with van der Waals surface area (Å²) in [7, 11) is 8.22. The molecule has 2 unspecified atom stereocenters. The number of pyridine rings is 1. The van der Waals surface area contributed by atoms with Gasteiger partial charge >= 0.3 is 6.11 Å². The first-order chi connectivity index (χ1) is 21.7. The number of benzene rings is 2. The number of aromatic nitrogens is 1. The topological polar surface area (TPSA) is 119 Å². The lowest BCUT2D eigenvalue weighted by atomic mass is 9.93. The van der Waals surface area contributed by atoms with Gasteiger partial charge in [0.15, 0.2) is 0 Å². The first-order valence-corrected chi connectivity index (χ1v) is 14.6. The molecule has 1 aliphatic heterocycles. The van der Waals surface area contributed by atoms with Crippen molar-refractivity contribution in [1.82, 2.24) is 14.8 Å². The van der Waals surface area contributed by atoms with E-state index in [-0.39, 0.29) is 41.5 Å². The monoisotopic (exact) mass is 662 g/mol. The number of ether oxygens (including phenoxy) is 3. The highest BCUT2D eigenvalue weighted by molar-refractivity contribution is 7.27. The molecule has 3 amide bonds. The Bertz CT molecular complexity index is 1650. The molecular weight excluding hydrogens is 628 g/mol. The van der Waals surface area contributed by atoms with Gasteiger partial charge in [-0.1, -0.05) is 0 Å². The van der Waals surface area contributed by atoms with Crippen LogP contribution in [0.15, 0.2) is 59.5 Å². The van der Waals surface area contributed by atoms with Crippen LogP contribution in [0.5, 0.6) is 11.5 Å². The van der Waals surface area contributed by atoms with E-state index in [0.29, 0.717) is 12.2 Å². The summed E-state index contributed by atoms with van der Waals surface area (Å²) in [5.41, 5.74) is -0.659. The molecule has 4 rings (SSSR count). The summed E-state index contributed by atoms with van der Waals surface area (Å²) in [4.78, 5) is 56.5. The Morgan fingerprint density at radius 2 is 1.78 bits per heavy atom. The third-order valence-corrected chi connectivity index (χ3v) is 7.86. The number of alkyl halides is 2. The molecule has 1 fully saturated rings. The number of likely N-dealkylation sites (N-methyl/N-ethyl adjacent to an activating group) is 1. The minimum absolute atomic E-state index is 0.0183. The number of anilines is 1. The molecule has 1 aliphatic rings. The van der Waals surface area contributed by atoms with Crippen molar-refractivity contribution >= 4 is 38.0 Å². The average molecular weight is 663 g/mol. The van der Waals surface area contributed by atoms with Crippen LogP contribution in [0, 0.1) is 5.82 Å². The van der Waals surface area contributed by atoms with Crippen LogP contribution in [-0.4, -0.2) is 80.8 Å². The highest BCUT2D eigenvalue weighted by Crippen LogP contribution is 2.34. The second kappa shape index (κ2) is 13.9. The van der Waals surface area contributed by atoms with Gasteiger partial charge in [-0.25, -0.2) is 4.39 Å². The van der Waals surface area contributed by atoms with Crippen LogP contribution in [0.25, 0.3) is 0 Å². The second-order valence-corrected chi connectivity index (χ2v) is 11.5. The van der Waals surface area contributed by atoms with Gasteiger partial charge in [0.05, 0.1) is 13.7 Å². The molecule has 15 heteroatoms. The van der Waals surface area contributed by atoms with Gasteiger partial charge in [0, 0.05) is 64.0 Å². The van der Waals surface area contributed by atoms with Crippen LogP contribution in [0.1, 0.15) is 34.8 Å². The van der Waals surface area contributed by atoms with Crippen molar-refractivity contribution in [2.24, 2.45) is 0 Å². The van der Waals surface area contributed by atoms with Gasteiger partial charge in [0.1, 0.15) is 35.1 Å². The number of hydrogen-bond donors (Lipinski definition) is 1. The van der Waals surface area contributed by atoms with Crippen LogP contribution in [0.4, 0.5) is 18.9 Å². The molecule has 0 saturated carbocycles. The zero-order valence-corrected chi connectivity index (χ0v) is 26.9. The number of methoxy groups -OCH3 is 2. The minimum atomic E-state index is -3.44. The number of amides is 3. The summed E-state index contributed by atoms with van der Waals surface area (Å²) in [6.07, 6.45) is -2.03. The Kier molecular flexibility index (Phi) is 10.4. The summed E-state index contributed by atoms with van der Waals surface area (Å²) in [6.45, 7) is 0.245. The maximum Gasteiger partial charge on any atom is 0.394 e. The number of halogens is 3. The normalized spacial score (nSPS) is 17.1. The van der Waals surface area contributed by atoms with E-state index < -0.39 is 53.2 Å². The lowest BCUT2D eigenvalue weighted by Crippen LogP contribution is -2.45. The van der Waals surface area contributed by atoms with Crippen molar-refractivity contribution in [3.63, 3.8) is 0 Å². The molecule has 246 valence electrons. The fraction of sp³-hybridized carbons (Fsp3) is 0.355. The first kappa shape index (κ1) is 34.5. The third-order valence-electron chi connectivity index (χ3n) is 7.39. The number of rotatable bonds is 11. The molecule has 1 aromatic heterocycles. The highest BCUT2D eigenvalue weighted by atomic mass is 31.0. The van der Waals surface area contributed by atoms with Gasteiger partial charge in [0.25, 0.3) is 11.5 Å². The van der Waals surface area contributed by atoms with E-state index in [1.165, 1.54) is 75.8 Å². The standard InChI is InChI=1S/C31H34F3N4O7P/c1-31(33,34)45-18-10-8-17(9-11-18)27(39)35-26-20(25-21(32)13-19(44-5)14-24(25)46)15-38(30(26)42)22-7-6-12-37(29(22)41)23(16-43-4)28(40)36(2)3/h6-14,20,23,26H,15-16,46H2,1-5H3,(H,35,39)/t20-,23?,26-/m0/s1. The van der Waals surface area contributed by atoms with E-state index in [1.54, 1.807) is 6.07 Å². The summed E-state index contributed by atoms with van der Waals surface area (Å²) in [6, 6.07) is 8.04. The van der Waals surface area contributed by atoms with Crippen LogP contribution < -0.4 is 30.6 Å². The quantitative estimate of drug-likeness (QED) is 0.314. The minimum Gasteiger partial charge on any atom is -0.497 e. The lowest BCUT2D eigenvalue weighted by molar-refractivity contribution is -0.159. The summed E-state index contributed by atoms with van der Waals surface area (Å²) in [5.74, 6) is -3.51. The smallest absolute Gasteiger partial charge is 0.394 e. The average Bonchev–Trinajstić information content (AvgIpc) is 3.29. The van der Waals surface area contributed by atoms with E-state index in [2.05, 4.69) is 19.3 Å². The van der Waals surface area contributed by atoms with Crippen molar-refractivity contribution < 1.29 is 41.8 Å². The van der Waals surface area contributed by atoms with Gasteiger partial charge in [-0.2, -0.15) is 8.78 Å². The number of nitrogens with zero attached hydrogens (tertiary/aromatic N) is 3.